The molecule has 0 amide bonds. The van der Waals surface area contributed by atoms with E-state index < -0.39 is 0 Å². The predicted octanol–water partition coefficient (Wildman–Crippen LogP) is 1.88. The summed E-state index contributed by atoms with van der Waals surface area (Å²) in [6.45, 7) is 7.22. The van der Waals surface area contributed by atoms with Gasteiger partial charge in [0.2, 0.25) is 0 Å². The van der Waals surface area contributed by atoms with Crippen LogP contribution in [0.4, 0.5) is 0 Å². The lowest BCUT2D eigenvalue weighted by Crippen LogP contribution is -2.14. The summed E-state index contributed by atoms with van der Waals surface area (Å²) in [4.78, 5) is 0. The lowest BCUT2D eigenvalue weighted by molar-refractivity contribution is 0.558. The molecule has 1 heterocycles. The van der Waals surface area contributed by atoms with E-state index in [4.69, 9.17) is 5.73 Å². The highest BCUT2D eigenvalue weighted by atomic mass is 15.3. The zero-order valence-corrected chi connectivity index (χ0v) is 8.75. The molecular weight excluding hydrogens is 162 g/mol. The van der Waals surface area contributed by atoms with Crippen LogP contribution in [0, 0.1) is 0 Å². The highest BCUT2D eigenvalue weighted by Gasteiger charge is 2.11. The second kappa shape index (κ2) is 4.42. The van der Waals surface area contributed by atoms with Gasteiger partial charge in [0, 0.05) is 12.6 Å². The van der Waals surface area contributed by atoms with Crippen LogP contribution in [0.5, 0.6) is 0 Å². The van der Waals surface area contributed by atoms with Crippen LogP contribution in [0.25, 0.3) is 0 Å². The molecule has 0 saturated heterocycles. The molecule has 0 saturated carbocycles. The molecule has 2 N–H and O–H groups in total. The molecule has 0 bridgehead atoms. The van der Waals surface area contributed by atoms with E-state index in [0.717, 1.165) is 25.1 Å². The number of rotatable bonds is 4. The normalized spacial score (nSPS) is 13.2. The van der Waals surface area contributed by atoms with Gasteiger partial charge in [0.1, 0.15) is 0 Å². The van der Waals surface area contributed by atoms with Crippen molar-refractivity contribution in [2.75, 3.05) is 0 Å². The number of hydrogen-bond acceptors (Lipinski definition) is 2. The summed E-state index contributed by atoms with van der Waals surface area (Å²) in [5.41, 5.74) is 8.29. The molecule has 1 aromatic heterocycles. The summed E-state index contributed by atoms with van der Waals surface area (Å²) in [6.07, 6.45) is 1.95. The van der Waals surface area contributed by atoms with Gasteiger partial charge in [0.25, 0.3) is 0 Å². The quantitative estimate of drug-likeness (QED) is 0.770. The Hall–Kier alpha value is -0.830. The molecule has 0 aromatic carbocycles. The first-order chi connectivity index (χ1) is 6.22. The molecule has 1 rings (SSSR count). The maximum atomic E-state index is 5.98. The number of nitrogens with zero attached hydrogens (tertiary/aromatic N) is 2. The first-order valence-electron chi connectivity index (χ1n) is 5.05. The van der Waals surface area contributed by atoms with Gasteiger partial charge in [0.05, 0.1) is 11.4 Å². The maximum absolute atomic E-state index is 5.98. The van der Waals surface area contributed by atoms with Crippen LogP contribution in [-0.4, -0.2) is 9.78 Å². The fourth-order valence-electron chi connectivity index (χ4n) is 1.42. The molecule has 13 heavy (non-hydrogen) atoms. The summed E-state index contributed by atoms with van der Waals surface area (Å²) < 4.78 is 2.01. The van der Waals surface area contributed by atoms with Crippen LogP contribution in [-0.2, 0) is 13.0 Å². The van der Waals surface area contributed by atoms with Gasteiger partial charge in [-0.3, -0.25) is 4.68 Å². The van der Waals surface area contributed by atoms with Gasteiger partial charge in [-0.15, -0.1) is 0 Å². The Morgan fingerprint density at radius 3 is 2.62 bits per heavy atom. The van der Waals surface area contributed by atoms with E-state index in [2.05, 4.69) is 31.9 Å². The Morgan fingerprint density at radius 1 is 1.46 bits per heavy atom. The van der Waals surface area contributed by atoms with E-state index in [1.807, 2.05) is 4.68 Å². The molecule has 0 fully saturated rings. The van der Waals surface area contributed by atoms with Crippen molar-refractivity contribution < 1.29 is 0 Å². The van der Waals surface area contributed by atoms with Crippen molar-refractivity contribution in [3.8, 4) is 0 Å². The summed E-state index contributed by atoms with van der Waals surface area (Å²) in [5.74, 6) is 0. The van der Waals surface area contributed by atoms with Crippen LogP contribution >= 0.6 is 0 Å². The van der Waals surface area contributed by atoms with E-state index in [9.17, 15) is 0 Å². The summed E-state index contributed by atoms with van der Waals surface area (Å²) in [5, 5.41) is 4.45. The molecule has 0 radical (unpaired) electrons. The minimum Gasteiger partial charge on any atom is -0.323 e. The lowest BCUT2D eigenvalue weighted by atomic mass is 10.1. The largest absolute Gasteiger partial charge is 0.323 e. The lowest BCUT2D eigenvalue weighted by Gasteiger charge is -2.09. The van der Waals surface area contributed by atoms with Crippen LogP contribution in [0.3, 0.4) is 0 Å². The van der Waals surface area contributed by atoms with Crippen molar-refractivity contribution in [2.24, 2.45) is 5.73 Å². The Labute approximate surface area is 79.9 Å². The highest BCUT2D eigenvalue weighted by molar-refractivity contribution is 5.13. The van der Waals surface area contributed by atoms with Gasteiger partial charge in [-0.1, -0.05) is 13.8 Å². The second-order valence-corrected chi connectivity index (χ2v) is 3.24. The van der Waals surface area contributed by atoms with Gasteiger partial charge in [-0.2, -0.15) is 5.10 Å². The summed E-state index contributed by atoms with van der Waals surface area (Å²) in [6, 6.07) is 2.25. The zero-order chi connectivity index (χ0) is 9.84. The summed E-state index contributed by atoms with van der Waals surface area (Å²) in [7, 11) is 0. The van der Waals surface area contributed by atoms with Gasteiger partial charge in [-0.25, -0.2) is 0 Å². The third-order valence-corrected chi connectivity index (χ3v) is 2.34. The van der Waals surface area contributed by atoms with E-state index in [-0.39, 0.29) is 6.04 Å². The second-order valence-electron chi connectivity index (χ2n) is 3.24. The monoisotopic (exact) mass is 181 g/mol. The molecule has 3 heteroatoms. The first kappa shape index (κ1) is 10.3. The predicted molar refractivity (Wildman–Crippen MR) is 54.5 cm³/mol. The van der Waals surface area contributed by atoms with E-state index in [1.165, 1.54) is 5.69 Å². The molecular formula is C10H19N3. The van der Waals surface area contributed by atoms with Crippen molar-refractivity contribution in [1.82, 2.24) is 9.78 Å². The van der Waals surface area contributed by atoms with Gasteiger partial charge in [-0.05, 0) is 25.8 Å². The Bertz CT molecular complexity index is 265. The summed E-state index contributed by atoms with van der Waals surface area (Å²) >= 11 is 0. The van der Waals surface area contributed by atoms with E-state index in [0.29, 0.717) is 0 Å². The van der Waals surface area contributed by atoms with Crippen molar-refractivity contribution in [3.05, 3.63) is 17.5 Å². The first-order valence-corrected chi connectivity index (χ1v) is 5.05. The van der Waals surface area contributed by atoms with Crippen molar-refractivity contribution in [1.29, 1.82) is 0 Å². The van der Waals surface area contributed by atoms with Crippen LogP contribution < -0.4 is 5.73 Å². The standard InChI is InChI=1S/C10H19N3/c1-4-8-7-10(9(11)5-2)13(6-3)12-8/h7,9H,4-6,11H2,1-3H3. The van der Waals surface area contributed by atoms with Crippen molar-refractivity contribution in [2.45, 2.75) is 46.2 Å². The molecule has 0 spiro atoms. The Balaban J connectivity index is 2.96. The van der Waals surface area contributed by atoms with Crippen molar-refractivity contribution in [3.63, 3.8) is 0 Å². The SMILES string of the molecule is CCc1cc(C(N)CC)n(CC)n1. The topological polar surface area (TPSA) is 43.8 Å². The minimum absolute atomic E-state index is 0.132. The number of aromatic nitrogens is 2. The van der Waals surface area contributed by atoms with Crippen molar-refractivity contribution >= 4 is 0 Å². The van der Waals surface area contributed by atoms with E-state index >= 15 is 0 Å². The third kappa shape index (κ3) is 2.10. The smallest absolute Gasteiger partial charge is 0.0625 e. The molecule has 0 aliphatic rings. The van der Waals surface area contributed by atoms with E-state index in [1.54, 1.807) is 0 Å². The molecule has 0 aliphatic heterocycles. The average Bonchev–Trinajstić information content (AvgIpc) is 2.59. The average molecular weight is 181 g/mol. The Morgan fingerprint density at radius 2 is 2.15 bits per heavy atom. The molecule has 3 nitrogen and oxygen atoms in total. The van der Waals surface area contributed by atoms with Gasteiger partial charge in [0.15, 0.2) is 0 Å². The van der Waals surface area contributed by atoms with Crippen LogP contribution in [0.15, 0.2) is 6.07 Å². The Kier molecular flexibility index (Phi) is 3.48. The molecule has 1 atom stereocenters. The van der Waals surface area contributed by atoms with Crippen LogP contribution in [0.1, 0.15) is 44.6 Å². The number of nitrogens with two attached hydrogens (primary N) is 1. The van der Waals surface area contributed by atoms with Crippen LogP contribution in [0.2, 0.25) is 0 Å². The number of aryl methyl sites for hydroxylation is 2. The molecule has 1 aromatic rings. The zero-order valence-electron chi connectivity index (χ0n) is 8.75. The fourth-order valence-corrected chi connectivity index (χ4v) is 1.42. The van der Waals surface area contributed by atoms with Gasteiger partial charge >= 0.3 is 0 Å². The fraction of sp³-hybridized carbons (Fsp3) is 0.700. The molecule has 1 unspecified atom stereocenters. The molecule has 74 valence electrons. The third-order valence-electron chi connectivity index (χ3n) is 2.34. The minimum atomic E-state index is 0.132. The molecule has 0 aliphatic carbocycles. The maximum Gasteiger partial charge on any atom is 0.0625 e. The highest BCUT2D eigenvalue weighted by Crippen LogP contribution is 2.15. The number of hydrogen-bond donors (Lipinski definition) is 1. The van der Waals surface area contributed by atoms with Gasteiger partial charge < -0.3 is 5.73 Å².